The molecule has 2 amide bonds. The number of nitrogens with zero attached hydrogens (tertiary/aromatic N) is 2. The zero-order chi connectivity index (χ0) is 16.8. The molecular formula is C18H33N3OS. The number of thioether (sulfide) groups is 1. The summed E-state index contributed by atoms with van der Waals surface area (Å²) in [5.74, 6) is 1.18. The molecule has 2 unspecified atom stereocenters. The van der Waals surface area contributed by atoms with Crippen LogP contribution < -0.4 is 5.32 Å². The van der Waals surface area contributed by atoms with Crippen LogP contribution in [-0.4, -0.2) is 65.6 Å². The van der Waals surface area contributed by atoms with Gasteiger partial charge in [0, 0.05) is 44.0 Å². The zero-order valence-corrected chi connectivity index (χ0v) is 15.8. The summed E-state index contributed by atoms with van der Waals surface area (Å²) in [6.07, 6.45) is 5.65. The first-order chi connectivity index (χ1) is 11.0. The zero-order valence-electron chi connectivity index (χ0n) is 15.0. The fourth-order valence-corrected chi connectivity index (χ4v) is 4.85. The first-order valence-electron chi connectivity index (χ1n) is 9.01. The highest BCUT2D eigenvalue weighted by molar-refractivity contribution is 7.99. The number of nitrogens with one attached hydrogen (secondary N) is 1. The number of amides is 2. The molecule has 5 heteroatoms. The number of likely N-dealkylation sites (tertiary alicyclic amines) is 1. The highest BCUT2D eigenvalue weighted by atomic mass is 32.2. The second-order valence-electron chi connectivity index (χ2n) is 7.11. The fraction of sp³-hybridized carbons (Fsp3) is 0.833. The summed E-state index contributed by atoms with van der Waals surface area (Å²) in [4.78, 5) is 16.9. The van der Waals surface area contributed by atoms with Crippen LogP contribution in [0, 0.1) is 0 Å². The van der Waals surface area contributed by atoms with E-state index in [2.05, 4.69) is 30.6 Å². The lowest BCUT2D eigenvalue weighted by atomic mass is 10.0. The van der Waals surface area contributed by atoms with Crippen molar-refractivity contribution in [2.75, 3.05) is 32.4 Å². The van der Waals surface area contributed by atoms with Crippen molar-refractivity contribution in [3.8, 4) is 0 Å². The predicted molar refractivity (Wildman–Crippen MR) is 100 cm³/mol. The average molecular weight is 340 g/mol. The van der Waals surface area contributed by atoms with Gasteiger partial charge in [0.1, 0.15) is 0 Å². The van der Waals surface area contributed by atoms with Crippen molar-refractivity contribution in [1.82, 2.24) is 15.1 Å². The van der Waals surface area contributed by atoms with Crippen LogP contribution in [0.5, 0.6) is 0 Å². The van der Waals surface area contributed by atoms with E-state index in [9.17, 15) is 4.79 Å². The maximum Gasteiger partial charge on any atom is 0.317 e. The molecule has 0 radical (unpaired) electrons. The van der Waals surface area contributed by atoms with Crippen LogP contribution in [0.3, 0.4) is 0 Å². The van der Waals surface area contributed by atoms with Gasteiger partial charge in [-0.3, -0.25) is 4.90 Å². The predicted octanol–water partition coefficient (Wildman–Crippen LogP) is 3.34. The molecule has 0 aromatic carbocycles. The van der Waals surface area contributed by atoms with Crippen LogP contribution in [0.2, 0.25) is 0 Å². The van der Waals surface area contributed by atoms with Gasteiger partial charge in [-0.25, -0.2) is 4.79 Å². The minimum absolute atomic E-state index is 0.121. The monoisotopic (exact) mass is 339 g/mol. The van der Waals surface area contributed by atoms with Gasteiger partial charge in [0.2, 0.25) is 0 Å². The summed E-state index contributed by atoms with van der Waals surface area (Å²) < 4.78 is 0. The molecule has 0 spiro atoms. The van der Waals surface area contributed by atoms with Crippen molar-refractivity contribution in [3.05, 3.63) is 12.2 Å². The number of carbonyl (C=O) groups is 1. The van der Waals surface area contributed by atoms with Crippen molar-refractivity contribution in [3.63, 3.8) is 0 Å². The number of hydrogen-bond donors (Lipinski definition) is 1. The number of rotatable bonds is 6. The molecule has 1 aliphatic carbocycles. The summed E-state index contributed by atoms with van der Waals surface area (Å²) in [6.45, 7) is 11.4. The van der Waals surface area contributed by atoms with Crippen LogP contribution in [0.15, 0.2) is 12.2 Å². The Labute approximate surface area is 146 Å². The molecule has 1 saturated heterocycles. The topological polar surface area (TPSA) is 35.6 Å². The summed E-state index contributed by atoms with van der Waals surface area (Å²) in [5, 5.41) is 3.99. The lowest BCUT2D eigenvalue weighted by molar-refractivity contribution is 0.171. The minimum atomic E-state index is 0.121. The SMILES string of the molecule is C=C(C)CN1CCC(NC(=O)N(C)C2CCC(SCC)C2)CC1. The Balaban J connectivity index is 1.71. The minimum Gasteiger partial charge on any atom is -0.335 e. The number of piperidine rings is 1. The first kappa shape index (κ1) is 18.7. The third-order valence-corrected chi connectivity index (χ3v) is 6.27. The third-order valence-electron chi connectivity index (χ3n) is 5.04. The molecule has 2 atom stereocenters. The highest BCUT2D eigenvalue weighted by Crippen LogP contribution is 2.32. The Kier molecular flexibility index (Phi) is 7.28. The number of hydrogen-bond acceptors (Lipinski definition) is 3. The van der Waals surface area contributed by atoms with Crippen molar-refractivity contribution in [2.24, 2.45) is 0 Å². The fourth-order valence-electron chi connectivity index (χ4n) is 3.72. The molecule has 1 N–H and O–H groups in total. The molecule has 2 rings (SSSR count). The molecule has 132 valence electrons. The Hall–Kier alpha value is -0.680. The van der Waals surface area contributed by atoms with Crippen molar-refractivity contribution < 1.29 is 4.79 Å². The third kappa shape index (κ3) is 5.71. The highest BCUT2D eigenvalue weighted by Gasteiger charge is 2.31. The molecule has 4 nitrogen and oxygen atoms in total. The van der Waals surface area contributed by atoms with Gasteiger partial charge in [-0.2, -0.15) is 11.8 Å². The van der Waals surface area contributed by atoms with E-state index in [0.29, 0.717) is 12.1 Å². The van der Waals surface area contributed by atoms with Crippen LogP contribution in [-0.2, 0) is 0 Å². The quantitative estimate of drug-likeness (QED) is 0.754. The standard InChI is InChI=1S/C18H33N3OS/c1-5-23-17-7-6-16(12-17)20(4)18(22)19-15-8-10-21(11-9-15)13-14(2)3/h15-17H,2,5-13H2,1,3-4H3,(H,19,22). The van der Waals surface area contributed by atoms with Gasteiger partial charge < -0.3 is 10.2 Å². The second-order valence-corrected chi connectivity index (χ2v) is 8.69. The van der Waals surface area contributed by atoms with E-state index < -0.39 is 0 Å². The average Bonchev–Trinajstić information content (AvgIpc) is 2.97. The van der Waals surface area contributed by atoms with Crippen LogP contribution in [0.4, 0.5) is 4.79 Å². The summed E-state index contributed by atoms with van der Waals surface area (Å²) in [7, 11) is 1.97. The number of carbonyl (C=O) groups excluding carboxylic acids is 1. The van der Waals surface area contributed by atoms with E-state index >= 15 is 0 Å². The van der Waals surface area contributed by atoms with Gasteiger partial charge in [-0.15, -0.1) is 0 Å². The molecular weight excluding hydrogens is 306 g/mol. The van der Waals surface area contributed by atoms with Gasteiger partial charge in [-0.05, 0) is 44.8 Å². The van der Waals surface area contributed by atoms with E-state index in [0.717, 1.165) is 50.6 Å². The Morgan fingerprint density at radius 2 is 2.00 bits per heavy atom. The van der Waals surface area contributed by atoms with Gasteiger partial charge in [0.05, 0.1) is 0 Å². The summed E-state index contributed by atoms with van der Waals surface area (Å²) in [5.41, 5.74) is 1.22. The van der Waals surface area contributed by atoms with Crippen molar-refractivity contribution >= 4 is 17.8 Å². The molecule has 1 saturated carbocycles. The molecule has 0 aromatic heterocycles. The summed E-state index contributed by atoms with van der Waals surface area (Å²) >= 11 is 2.04. The largest absolute Gasteiger partial charge is 0.335 e. The van der Waals surface area contributed by atoms with Crippen LogP contribution in [0.1, 0.15) is 46.0 Å². The maximum atomic E-state index is 12.5. The molecule has 1 heterocycles. The van der Waals surface area contributed by atoms with Gasteiger partial charge in [-0.1, -0.05) is 19.1 Å². The number of urea groups is 1. The van der Waals surface area contributed by atoms with E-state index in [1.165, 1.54) is 17.7 Å². The second kappa shape index (κ2) is 8.97. The molecule has 0 bridgehead atoms. The Morgan fingerprint density at radius 1 is 1.30 bits per heavy atom. The molecule has 0 aromatic rings. The van der Waals surface area contributed by atoms with Crippen LogP contribution in [0.25, 0.3) is 0 Å². The molecule has 23 heavy (non-hydrogen) atoms. The van der Waals surface area contributed by atoms with Crippen molar-refractivity contribution in [1.29, 1.82) is 0 Å². The Morgan fingerprint density at radius 3 is 2.61 bits per heavy atom. The van der Waals surface area contributed by atoms with E-state index in [1.807, 2.05) is 23.7 Å². The van der Waals surface area contributed by atoms with Gasteiger partial charge in [0.25, 0.3) is 0 Å². The normalized spacial score (nSPS) is 26.2. The van der Waals surface area contributed by atoms with Crippen molar-refractivity contribution in [2.45, 2.75) is 63.3 Å². The van der Waals surface area contributed by atoms with Gasteiger partial charge >= 0.3 is 6.03 Å². The maximum absolute atomic E-state index is 12.5. The van der Waals surface area contributed by atoms with E-state index in [1.54, 1.807) is 0 Å². The molecule has 2 fully saturated rings. The lowest BCUT2D eigenvalue weighted by Crippen LogP contribution is -2.50. The summed E-state index contributed by atoms with van der Waals surface area (Å²) in [6, 6.07) is 0.867. The van der Waals surface area contributed by atoms with E-state index in [-0.39, 0.29) is 6.03 Å². The first-order valence-corrected chi connectivity index (χ1v) is 10.1. The Bertz CT molecular complexity index is 407. The smallest absolute Gasteiger partial charge is 0.317 e. The lowest BCUT2D eigenvalue weighted by Gasteiger charge is -2.34. The van der Waals surface area contributed by atoms with Crippen LogP contribution >= 0.6 is 11.8 Å². The molecule has 2 aliphatic rings. The van der Waals surface area contributed by atoms with E-state index in [4.69, 9.17) is 0 Å². The molecule has 1 aliphatic heterocycles. The van der Waals surface area contributed by atoms with Gasteiger partial charge in [0.15, 0.2) is 0 Å².